The van der Waals surface area contributed by atoms with E-state index in [1.165, 1.54) is 25.5 Å². The van der Waals surface area contributed by atoms with Gasteiger partial charge in [-0.25, -0.2) is 13.8 Å². The van der Waals surface area contributed by atoms with E-state index in [0.29, 0.717) is 18.1 Å². The number of sulfonamides is 1. The summed E-state index contributed by atoms with van der Waals surface area (Å²) < 4.78 is 39.2. The average Bonchev–Trinajstić information content (AvgIpc) is 3.03. The Bertz CT molecular complexity index is 1800. The van der Waals surface area contributed by atoms with Gasteiger partial charge in [0, 0.05) is 6.07 Å². The van der Waals surface area contributed by atoms with Crippen LogP contribution < -0.4 is 19.2 Å². The van der Waals surface area contributed by atoms with Gasteiger partial charge in [0.1, 0.15) is 24.7 Å². The van der Waals surface area contributed by atoms with Gasteiger partial charge in [0.05, 0.1) is 23.9 Å². The van der Waals surface area contributed by atoms with Crippen LogP contribution in [-0.4, -0.2) is 34.2 Å². The van der Waals surface area contributed by atoms with E-state index in [-0.39, 0.29) is 10.6 Å². The molecule has 0 aliphatic carbocycles. The predicted molar refractivity (Wildman–Crippen MR) is 164 cm³/mol. The van der Waals surface area contributed by atoms with Crippen molar-refractivity contribution in [2.24, 2.45) is 5.10 Å². The number of benzene rings is 5. The Labute approximate surface area is 244 Å². The molecule has 0 saturated carbocycles. The monoisotopic (exact) mass is 579 g/mol. The zero-order valence-corrected chi connectivity index (χ0v) is 23.7. The number of hydrogen-bond acceptors (Lipinski definition) is 6. The van der Waals surface area contributed by atoms with Crippen LogP contribution in [-0.2, 0) is 21.4 Å². The number of hydrazone groups is 1. The number of methoxy groups -OCH3 is 1. The Balaban J connectivity index is 1.23. The molecule has 0 fully saturated rings. The maximum atomic E-state index is 13.5. The smallest absolute Gasteiger partial charge is 0.264 e. The highest BCUT2D eigenvalue weighted by Gasteiger charge is 2.27. The summed E-state index contributed by atoms with van der Waals surface area (Å²) in [6, 6.07) is 36.0. The summed E-state index contributed by atoms with van der Waals surface area (Å²) in [5, 5.41) is 6.34. The molecular weight excluding hydrogens is 550 g/mol. The fraction of sp³-hybridized carbons (Fsp3) is 0.0909. The van der Waals surface area contributed by atoms with Crippen LogP contribution in [0.1, 0.15) is 11.1 Å². The van der Waals surface area contributed by atoms with Gasteiger partial charge in [-0.05, 0) is 70.4 Å². The lowest BCUT2D eigenvalue weighted by molar-refractivity contribution is -0.119. The quantitative estimate of drug-likeness (QED) is 0.158. The molecule has 0 spiro atoms. The fourth-order valence-corrected chi connectivity index (χ4v) is 5.81. The first-order valence-electron chi connectivity index (χ1n) is 13.2. The Morgan fingerprint density at radius 2 is 1.55 bits per heavy atom. The minimum absolute atomic E-state index is 0.0619. The highest BCUT2D eigenvalue weighted by Crippen LogP contribution is 2.27. The first-order valence-corrected chi connectivity index (χ1v) is 14.6. The number of ether oxygens (including phenoxy) is 2. The first kappa shape index (κ1) is 28.4. The molecule has 5 aromatic rings. The van der Waals surface area contributed by atoms with Gasteiger partial charge in [0.25, 0.3) is 15.9 Å². The maximum Gasteiger partial charge on any atom is 0.264 e. The number of amides is 1. The zero-order valence-electron chi connectivity index (χ0n) is 22.9. The van der Waals surface area contributed by atoms with Crippen molar-refractivity contribution in [3.05, 3.63) is 132 Å². The number of anilines is 1. The summed E-state index contributed by atoms with van der Waals surface area (Å²) in [4.78, 5) is 12.9. The van der Waals surface area contributed by atoms with Gasteiger partial charge in [0.2, 0.25) is 0 Å². The van der Waals surface area contributed by atoms with Crippen LogP contribution >= 0.6 is 0 Å². The minimum Gasteiger partial charge on any atom is -0.497 e. The number of hydrogen-bond donors (Lipinski definition) is 1. The van der Waals surface area contributed by atoms with Crippen LogP contribution in [0.3, 0.4) is 0 Å². The average molecular weight is 580 g/mol. The van der Waals surface area contributed by atoms with E-state index < -0.39 is 22.5 Å². The van der Waals surface area contributed by atoms with E-state index in [1.54, 1.807) is 42.5 Å². The fourth-order valence-electron chi connectivity index (χ4n) is 4.37. The van der Waals surface area contributed by atoms with Gasteiger partial charge in [-0.3, -0.25) is 9.10 Å². The zero-order chi connectivity index (χ0) is 29.4. The van der Waals surface area contributed by atoms with Crippen molar-refractivity contribution in [3.63, 3.8) is 0 Å². The Hall–Kier alpha value is -5.15. The van der Waals surface area contributed by atoms with Gasteiger partial charge in [-0.15, -0.1) is 0 Å². The van der Waals surface area contributed by atoms with Crippen LogP contribution in [0.15, 0.2) is 131 Å². The molecule has 0 aliphatic heterocycles. The lowest BCUT2D eigenvalue weighted by atomic mass is 10.1. The maximum absolute atomic E-state index is 13.5. The largest absolute Gasteiger partial charge is 0.497 e. The van der Waals surface area contributed by atoms with Gasteiger partial charge in [0.15, 0.2) is 0 Å². The molecule has 9 heteroatoms. The molecule has 0 radical (unpaired) electrons. The second kappa shape index (κ2) is 13.0. The highest BCUT2D eigenvalue weighted by atomic mass is 32.2. The number of nitrogens with one attached hydrogen (secondary N) is 1. The number of fused-ring (bicyclic) bond motifs is 1. The normalized spacial score (nSPS) is 11.4. The van der Waals surface area contributed by atoms with Crippen LogP contribution in [0.25, 0.3) is 10.8 Å². The van der Waals surface area contributed by atoms with Crippen molar-refractivity contribution in [1.82, 2.24) is 5.43 Å². The third-order valence-corrected chi connectivity index (χ3v) is 8.31. The van der Waals surface area contributed by atoms with Gasteiger partial charge in [-0.2, -0.15) is 5.10 Å². The summed E-state index contributed by atoms with van der Waals surface area (Å²) >= 11 is 0. The molecule has 0 aliphatic rings. The topological polar surface area (TPSA) is 97.3 Å². The molecular formula is C33H29N3O5S. The first-order chi connectivity index (χ1) is 20.4. The van der Waals surface area contributed by atoms with Gasteiger partial charge in [-0.1, -0.05) is 66.7 Å². The summed E-state index contributed by atoms with van der Waals surface area (Å²) in [5.41, 5.74) is 4.54. The lowest BCUT2D eigenvalue weighted by Gasteiger charge is -2.24. The second-order valence-corrected chi connectivity index (χ2v) is 11.2. The molecule has 8 nitrogen and oxygen atoms in total. The number of nitrogens with zero attached hydrogens (tertiary/aromatic N) is 2. The molecule has 42 heavy (non-hydrogen) atoms. The molecule has 0 saturated heterocycles. The van der Waals surface area contributed by atoms with Gasteiger partial charge >= 0.3 is 0 Å². The van der Waals surface area contributed by atoms with E-state index in [0.717, 1.165) is 26.2 Å². The van der Waals surface area contributed by atoms with Crippen LogP contribution in [0.2, 0.25) is 0 Å². The number of rotatable bonds is 11. The SMILES string of the molecule is COc1cccc(N(CC(=O)N/N=C/c2ccc(OCc3cccc4ccccc34)cc2)S(=O)(=O)c2ccccc2)c1. The molecule has 1 amide bonds. The lowest BCUT2D eigenvalue weighted by Crippen LogP contribution is -2.39. The Kier molecular flexibility index (Phi) is 8.79. The van der Waals surface area contributed by atoms with Crippen molar-refractivity contribution < 1.29 is 22.7 Å². The second-order valence-electron chi connectivity index (χ2n) is 9.32. The van der Waals surface area contributed by atoms with Crippen molar-refractivity contribution >= 4 is 38.6 Å². The van der Waals surface area contributed by atoms with Crippen molar-refractivity contribution in [3.8, 4) is 11.5 Å². The molecule has 1 N–H and O–H groups in total. The van der Waals surface area contributed by atoms with Crippen LogP contribution in [0.4, 0.5) is 5.69 Å². The van der Waals surface area contributed by atoms with Crippen molar-refractivity contribution in [2.75, 3.05) is 18.0 Å². The molecule has 0 aromatic heterocycles. The summed E-state index contributed by atoms with van der Waals surface area (Å²) in [7, 11) is -2.56. The van der Waals surface area contributed by atoms with Gasteiger partial charge < -0.3 is 9.47 Å². The van der Waals surface area contributed by atoms with Crippen LogP contribution in [0, 0.1) is 0 Å². The molecule has 0 unspecified atom stereocenters. The van der Waals surface area contributed by atoms with Crippen LogP contribution in [0.5, 0.6) is 11.5 Å². The minimum atomic E-state index is -4.04. The summed E-state index contributed by atoms with van der Waals surface area (Å²) in [6.45, 7) is -0.0524. The predicted octanol–water partition coefficient (Wildman–Crippen LogP) is 5.77. The standard InChI is InChI=1S/C33H29N3O5S/c1-40-30-13-8-12-28(21-30)36(42(38,39)31-14-3-2-4-15-31)23-33(37)35-34-22-25-17-19-29(20-18-25)41-24-27-11-7-10-26-9-5-6-16-32(26)27/h2-22H,23-24H2,1H3,(H,35,37)/b34-22+. The summed E-state index contributed by atoms with van der Waals surface area (Å²) in [5.74, 6) is 0.552. The molecule has 212 valence electrons. The third-order valence-electron chi connectivity index (χ3n) is 6.52. The third kappa shape index (κ3) is 6.76. The molecule has 0 atom stereocenters. The highest BCUT2D eigenvalue weighted by molar-refractivity contribution is 7.92. The number of carbonyl (C=O) groups is 1. The van der Waals surface area contributed by atoms with Crippen molar-refractivity contribution in [1.29, 1.82) is 0 Å². The van der Waals surface area contributed by atoms with E-state index in [4.69, 9.17) is 9.47 Å². The Morgan fingerprint density at radius 1 is 0.833 bits per heavy atom. The molecule has 0 heterocycles. The van der Waals surface area contributed by atoms with E-state index in [1.807, 2.05) is 48.5 Å². The molecule has 5 aromatic carbocycles. The molecule has 0 bridgehead atoms. The van der Waals surface area contributed by atoms with E-state index in [9.17, 15) is 13.2 Å². The Morgan fingerprint density at radius 3 is 2.33 bits per heavy atom. The molecule has 5 rings (SSSR count). The van der Waals surface area contributed by atoms with E-state index in [2.05, 4.69) is 28.7 Å². The van der Waals surface area contributed by atoms with E-state index >= 15 is 0 Å². The number of carbonyl (C=O) groups excluding carboxylic acids is 1. The van der Waals surface area contributed by atoms with Crippen molar-refractivity contribution in [2.45, 2.75) is 11.5 Å². The summed E-state index contributed by atoms with van der Waals surface area (Å²) in [6.07, 6.45) is 1.48.